The Balaban J connectivity index is 2.30. The highest BCUT2D eigenvalue weighted by atomic mass is 16.5. The van der Waals surface area contributed by atoms with Crippen molar-refractivity contribution in [1.82, 2.24) is 0 Å². The summed E-state index contributed by atoms with van der Waals surface area (Å²) in [5.41, 5.74) is -0.637. The zero-order chi connectivity index (χ0) is 20.6. The van der Waals surface area contributed by atoms with Crippen molar-refractivity contribution in [3.8, 4) is 0 Å². The maximum atomic E-state index is 12.8. The Hall–Kier alpha value is -2.24. The van der Waals surface area contributed by atoms with Crippen LogP contribution in [0.4, 0.5) is 0 Å². The van der Waals surface area contributed by atoms with Crippen molar-refractivity contribution in [2.24, 2.45) is 22.7 Å². The van der Waals surface area contributed by atoms with Crippen LogP contribution in [0.15, 0.2) is 23.3 Å². The lowest BCUT2D eigenvalue weighted by atomic mass is 9.66. The number of esters is 2. The van der Waals surface area contributed by atoms with Gasteiger partial charge in [-0.3, -0.25) is 9.59 Å². The Morgan fingerprint density at radius 3 is 1.48 bits per heavy atom. The van der Waals surface area contributed by atoms with Gasteiger partial charge in [0.25, 0.3) is 0 Å². The molecule has 0 radical (unpaired) electrons. The molecule has 0 aliphatic heterocycles. The summed E-state index contributed by atoms with van der Waals surface area (Å²) in [4.78, 5) is 49.7. The topological polar surface area (TPSA) is 86.7 Å². The van der Waals surface area contributed by atoms with Crippen LogP contribution in [0.25, 0.3) is 0 Å². The summed E-state index contributed by atoms with van der Waals surface area (Å²) in [5.74, 6) is -2.82. The molecule has 6 heteroatoms. The average molecular weight is 376 g/mol. The molecule has 0 spiro atoms. The lowest BCUT2D eigenvalue weighted by Gasteiger charge is -2.37. The highest BCUT2D eigenvalue weighted by Crippen LogP contribution is 2.43. The average Bonchev–Trinajstić information content (AvgIpc) is 2.58. The van der Waals surface area contributed by atoms with Crippen molar-refractivity contribution in [1.29, 1.82) is 0 Å². The predicted molar refractivity (Wildman–Crippen MR) is 98.6 cm³/mol. The molecule has 0 N–H and O–H groups in total. The molecule has 148 valence electrons. The van der Waals surface area contributed by atoms with E-state index in [0.717, 1.165) is 0 Å². The van der Waals surface area contributed by atoms with E-state index < -0.39 is 23.8 Å². The van der Waals surface area contributed by atoms with Gasteiger partial charge in [-0.1, -0.05) is 39.8 Å². The summed E-state index contributed by atoms with van der Waals surface area (Å²) in [6.07, 6.45) is 4.68. The van der Waals surface area contributed by atoms with Crippen LogP contribution in [0.2, 0.25) is 0 Å². The molecule has 0 aromatic carbocycles. The molecule has 2 atom stereocenters. The molecule has 2 rings (SSSR count). The fourth-order valence-corrected chi connectivity index (χ4v) is 4.20. The lowest BCUT2D eigenvalue weighted by Crippen LogP contribution is -2.38. The molecule has 0 aromatic rings. The standard InChI is InChI=1S/C21H28O6/c1-20(2)8-12(16(22)14(10-20)18(24)26-5)7-13-9-21(3,4)11-15(17(13)23)19(25)27-6/h10-13H,7-9H2,1-6H3. The highest BCUT2D eigenvalue weighted by molar-refractivity contribution is 6.20. The Labute approximate surface area is 160 Å². The third-order valence-electron chi connectivity index (χ3n) is 5.27. The molecule has 6 nitrogen and oxygen atoms in total. The number of carbonyl (C=O) groups excluding carboxylic acids is 4. The molecule has 0 heterocycles. The van der Waals surface area contributed by atoms with E-state index in [0.29, 0.717) is 19.3 Å². The second-order valence-corrected chi connectivity index (χ2v) is 8.84. The zero-order valence-electron chi connectivity index (χ0n) is 16.9. The van der Waals surface area contributed by atoms with E-state index in [2.05, 4.69) is 0 Å². The minimum Gasteiger partial charge on any atom is -0.465 e. The molecular weight excluding hydrogens is 348 g/mol. The van der Waals surface area contributed by atoms with E-state index in [1.165, 1.54) is 14.2 Å². The third-order valence-corrected chi connectivity index (χ3v) is 5.27. The maximum absolute atomic E-state index is 12.8. The number of carbonyl (C=O) groups is 4. The molecule has 0 bridgehead atoms. The number of methoxy groups -OCH3 is 2. The van der Waals surface area contributed by atoms with Crippen molar-refractivity contribution in [3.05, 3.63) is 23.3 Å². The Kier molecular flexibility index (Phi) is 5.78. The first kappa shape index (κ1) is 21.1. The Bertz CT molecular complexity index is 676. The van der Waals surface area contributed by atoms with Crippen molar-refractivity contribution >= 4 is 23.5 Å². The number of ketones is 2. The third kappa shape index (κ3) is 4.54. The number of hydrogen-bond acceptors (Lipinski definition) is 6. The van der Waals surface area contributed by atoms with E-state index in [-0.39, 0.29) is 33.5 Å². The van der Waals surface area contributed by atoms with E-state index in [4.69, 9.17) is 9.47 Å². The van der Waals surface area contributed by atoms with Crippen LogP contribution in [0.1, 0.15) is 47.0 Å². The number of ether oxygens (including phenoxy) is 2. The van der Waals surface area contributed by atoms with Gasteiger partial charge in [0.1, 0.15) is 0 Å². The van der Waals surface area contributed by atoms with Crippen LogP contribution in [-0.2, 0) is 28.7 Å². The summed E-state index contributed by atoms with van der Waals surface area (Å²) < 4.78 is 9.49. The summed E-state index contributed by atoms with van der Waals surface area (Å²) >= 11 is 0. The first-order valence-electron chi connectivity index (χ1n) is 9.11. The number of Topliss-reactive ketones (excluding diaryl/α,β-unsaturated/α-hetero) is 2. The molecule has 0 saturated carbocycles. The molecule has 27 heavy (non-hydrogen) atoms. The minimum absolute atomic E-state index is 0.0463. The summed E-state index contributed by atoms with van der Waals surface area (Å²) in [6, 6.07) is 0. The monoisotopic (exact) mass is 376 g/mol. The molecule has 0 fully saturated rings. The molecule has 2 aliphatic carbocycles. The van der Waals surface area contributed by atoms with E-state index in [9.17, 15) is 19.2 Å². The van der Waals surface area contributed by atoms with Crippen LogP contribution in [-0.4, -0.2) is 37.7 Å². The van der Waals surface area contributed by atoms with Gasteiger partial charge in [0.15, 0.2) is 11.6 Å². The van der Waals surface area contributed by atoms with Crippen LogP contribution < -0.4 is 0 Å². The van der Waals surface area contributed by atoms with Gasteiger partial charge in [-0.05, 0) is 30.1 Å². The van der Waals surface area contributed by atoms with E-state index in [1.807, 2.05) is 27.7 Å². The van der Waals surface area contributed by atoms with Gasteiger partial charge in [0.2, 0.25) is 0 Å². The summed E-state index contributed by atoms with van der Waals surface area (Å²) in [5, 5.41) is 0. The second-order valence-electron chi connectivity index (χ2n) is 8.84. The lowest BCUT2D eigenvalue weighted by molar-refractivity contribution is -0.139. The van der Waals surface area contributed by atoms with Crippen molar-refractivity contribution in [2.75, 3.05) is 14.2 Å². The smallest absolute Gasteiger partial charge is 0.341 e. The molecule has 2 aliphatic rings. The molecule has 0 saturated heterocycles. The maximum Gasteiger partial charge on any atom is 0.341 e. The SMILES string of the molecule is COC(=O)C1=CC(C)(C)CC(CC2CC(C)(C)C=C(C(=O)OC)C2=O)C1=O. The summed E-state index contributed by atoms with van der Waals surface area (Å²) in [7, 11) is 2.49. The van der Waals surface area contributed by atoms with E-state index in [1.54, 1.807) is 12.2 Å². The first-order chi connectivity index (χ1) is 12.4. The van der Waals surface area contributed by atoms with Gasteiger partial charge in [0.05, 0.1) is 25.4 Å². The largest absolute Gasteiger partial charge is 0.465 e. The fraction of sp³-hybridized carbons (Fsp3) is 0.619. The van der Waals surface area contributed by atoms with Crippen LogP contribution in [0.3, 0.4) is 0 Å². The van der Waals surface area contributed by atoms with Crippen molar-refractivity contribution in [2.45, 2.75) is 47.0 Å². The Morgan fingerprint density at radius 2 is 1.19 bits per heavy atom. The van der Waals surface area contributed by atoms with Gasteiger partial charge >= 0.3 is 11.9 Å². The molecule has 0 aromatic heterocycles. The van der Waals surface area contributed by atoms with Crippen LogP contribution >= 0.6 is 0 Å². The minimum atomic E-state index is -0.650. The predicted octanol–water partition coefficient (Wildman–Crippen LogP) is 2.81. The van der Waals surface area contributed by atoms with Gasteiger partial charge in [-0.25, -0.2) is 9.59 Å². The summed E-state index contributed by atoms with van der Waals surface area (Å²) in [6.45, 7) is 7.78. The fourth-order valence-electron chi connectivity index (χ4n) is 4.20. The number of hydrogen-bond donors (Lipinski definition) is 0. The quantitative estimate of drug-likeness (QED) is 0.554. The zero-order valence-corrected chi connectivity index (χ0v) is 16.9. The van der Waals surface area contributed by atoms with Gasteiger partial charge in [-0.15, -0.1) is 0 Å². The van der Waals surface area contributed by atoms with Crippen LogP contribution in [0.5, 0.6) is 0 Å². The number of rotatable bonds is 4. The van der Waals surface area contributed by atoms with Gasteiger partial charge in [0, 0.05) is 11.8 Å². The molecule has 0 amide bonds. The normalized spacial score (nSPS) is 26.7. The van der Waals surface area contributed by atoms with Gasteiger partial charge in [-0.2, -0.15) is 0 Å². The van der Waals surface area contributed by atoms with Crippen LogP contribution in [0, 0.1) is 22.7 Å². The second kappa shape index (κ2) is 7.41. The van der Waals surface area contributed by atoms with Crippen molar-refractivity contribution in [3.63, 3.8) is 0 Å². The van der Waals surface area contributed by atoms with Crippen molar-refractivity contribution < 1.29 is 28.7 Å². The first-order valence-corrected chi connectivity index (χ1v) is 9.11. The molecule has 2 unspecified atom stereocenters. The van der Waals surface area contributed by atoms with E-state index >= 15 is 0 Å². The Morgan fingerprint density at radius 1 is 0.852 bits per heavy atom. The highest BCUT2D eigenvalue weighted by Gasteiger charge is 2.43. The number of allylic oxidation sites excluding steroid dienone is 2. The van der Waals surface area contributed by atoms with Gasteiger partial charge < -0.3 is 9.47 Å². The molecular formula is C21H28O6.